The molecule has 0 saturated carbocycles. The van der Waals surface area contributed by atoms with E-state index in [1.54, 1.807) is 0 Å². The highest BCUT2D eigenvalue weighted by molar-refractivity contribution is 5.82. The van der Waals surface area contributed by atoms with Gasteiger partial charge in [0.2, 0.25) is 0 Å². The average molecular weight is 287 g/mol. The average Bonchev–Trinajstić information content (AvgIpc) is 2.47. The van der Waals surface area contributed by atoms with Crippen molar-refractivity contribution >= 4 is 10.9 Å². The standard InChI is InChI=1S/C18H25NO2/c1-3-4-5-8-14(20)11-12-16-13(2)15-9-6-7-10-17(15)19-18(16)21/h6-7,9-10,14,20H,3-5,8,11-12H2,1-2H3,(H,19,21). The Balaban J connectivity index is 2.10. The van der Waals surface area contributed by atoms with Crippen LogP contribution in [0.15, 0.2) is 29.1 Å². The van der Waals surface area contributed by atoms with Crippen LogP contribution in [-0.2, 0) is 6.42 Å². The van der Waals surface area contributed by atoms with Crippen molar-refractivity contribution in [3.05, 3.63) is 45.7 Å². The number of pyridine rings is 1. The summed E-state index contributed by atoms with van der Waals surface area (Å²) in [5.41, 5.74) is 2.71. The minimum absolute atomic E-state index is 0.0213. The highest BCUT2D eigenvalue weighted by Crippen LogP contribution is 2.18. The minimum atomic E-state index is -0.304. The first-order chi connectivity index (χ1) is 10.1. The van der Waals surface area contributed by atoms with Gasteiger partial charge in [0.1, 0.15) is 0 Å². The van der Waals surface area contributed by atoms with Crippen molar-refractivity contribution in [2.75, 3.05) is 0 Å². The molecule has 0 spiro atoms. The molecule has 0 aliphatic carbocycles. The number of benzene rings is 1. The molecule has 21 heavy (non-hydrogen) atoms. The van der Waals surface area contributed by atoms with Crippen LogP contribution < -0.4 is 5.56 Å². The van der Waals surface area contributed by atoms with Crippen molar-refractivity contribution in [1.29, 1.82) is 0 Å². The Labute approximate surface area is 126 Å². The van der Waals surface area contributed by atoms with Gasteiger partial charge in [-0.05, 0) is 37.8 Å². The van der Waals surface area contributed by atoms with E-state index in [1.165, 1.54) is 0 Å². The first-order valence-electron chi connectivity index (χ1n) is 7.92. The summed E-state index contributed by atoms with van der Waals surface area (Å²) in [6.07, 6.45) is 5.21. The highest BCUT2D eigenvalue weighted by atomic mass is 16.3. The molecule has 1 aromatic heterocycles. The van der Waals surface area contributed by atoms with E-state index in [-0.39, 0.29) is 11.7 Å². The van der Waals surface area contributed by atoms with Crippen LogP contribution in [0.3, 0.4) is 0 Å². The van der Waals surface area contributed by atoms with E-state index in [9.17, 15) is 9.90 Å². The Hall–Kier alpha value is -1.61. The molecule has 0 bridgehead atoms. The van der Waals surface area contributed by atoms with Gasteiger partial charge in [0.15, 0.2) is 0 Å². The largest absolute Gasteiger partial charge is 0.393 e. The summed E-state index contributed by atoms with van der Waals surface area (Å²) in [6.45, 7) is 4.15. The van der Waals surface area contributed by atoms with Crippen LogP contribution in [0.25, 0.3) is 10.9 Å². The van der Waals surface area contributed by atoms with Gasteiger partial charge in [0.05, 0.1) is 6.10 Å². The third-order valence-electron chi connectivity index (χ3n) is 4.17. The second kappa shape index (κ2) is 7.41. The number of aromatic amines is 1. The van der Waals surface area contributed by atoms with Crippen LogP contribution in [0.2, 0.25) is 0 Å². The highest BCUT2D eigenvalue weighted by Gasteiger charge is 2.11. The smallest absolute Gasteiger partial charge is 0.251 e. The number of aryl methyl sites for hydroxylation is 1. The molecule has 0 saturated heterocycles. The molecule has 0 aliphatic rings. The van der Waals surface area contributed by atoms with Gasteiger partial charge in [-0.3, -0.25) is 4.79 Å². The fourth-order valence-electron chi connectivity index (χ4n) is 2.84. The topological polar surface area (TPSA) is 53.1 Å². The van der Waals surface area contributed by atoms with Crippen molar-refractivity contribution in [3.8, 4) is 0 Å². The molecule has 1 unspecified atom stereocenters. The van der Waals surface area contributed by atoms with Crippen LogP contribution in [-0.4, -0.2) is 16.2 Å². The normalized spacial score (nSPS) is 12.7. The van der Waals surface area contributed by atoms with Crippen LogP contribution in [0, 0.1) is 6.92 Å². The van der Waals surface area contributed by atoms with Gasteiger partial charge in [0.25, 0.3) is 5.56 Å². The molecule has 0 aliphatic heterocycles. The summed E-state index contributed by atoms with van der Waals surface area (Å²) < 4.78 is 0. The molecule has 2 aromatic rings. The second-order valence-electron chi connectivity index (χ2n) is 5.79. The minimum Gasteiger partial charge on any atom is -0.393 e. The van der Waals surface area contributed by atoms with E-state index in [2.05, 4.69) is 11.9 Å². The van der Waals surface area contributed by atoms with Crippen molar-refractivity contribution < 1.29 is 5.11 Å². The van der Waals surface area contributed by atoms with Crippen LogP contribution >= 0.6 is 0 Å². The summed E-state index contributed by atoms with van der Waals surface area (Å²) >= 11 is 0. The van der Waals surface area contributed by atoms with Crippen molar-refractivity contribution in [2.24, 2.45) is 0 Å². The summed E-state index contributed by atoms with van der Waals surface area (Å²) in [5.74, 6) is 0. The number of aliphatic hydroxyl groups is 1. The van der Waals surface area contributed by atoms with Crippen molar-refractivity contribution in [1.82, 2.24) is 4.98 Å². The van der Waals surface area contributed by atoms with Gasteiger partial charge >= 0.3 is 0 Å². The molecule has 1 heterocycles. The predicted octanol–water partition coefficient (Wildman–Crippen LogP) is 3.71. The van der Waals surface area contributed by atoms with E-state index < -0.39 is 0 Å². The molecule has 1 atom stereocenters. The molecule has 0 radical (unpaired) electrons. The number of aromatic nitrogens is 1. The monoisotopic (exact) mass is 287 g/mol. The SMILES string of the molecule is CCCCCC(O)CCc1c(C)c2ccccc2[nH]c1=O. The van der Waals surface area contributed by atoms with Crippen molar-refractivity contribution in [2.45, 2.75) is 58.5 Å². The van der Waals surface area contributed by atoms with Crippen molar-refractivity contribution in [3.63, 3.8) is 0 Å². The first-order valence-corrected chi connectivity index (χ1v) is 7.92. The summed E-state index contributed by atoms with van der Waals surface area (Å²) in [6, 6.07) is 7.86. The molecule has 3 heteroatoms. The molecule has 0 fully saturated rings. The summed E-state index contributed by atoms with van der Waals surface area (Å²) in [5, 5.41) is 11.1. The lowest BCUT2D eigenvalue weighted by molar-refractivity contribution is 0.151. The zero-order valence-corrected chi connectivity index (χ0v) is 13.0. The van der Waals surface area contributed by atoms with Gasteiger partial charge in [-0.2, -0.15) is 0 Å². The molecule has 1 aromatic carbocycles. The Morgan fingerprint density at radius 3 is 2.71 bits per heavy atom. The molecule has 114 valence electrons. The van der Waals surface area contributed by atoms with Gasteiger partial charge in [0, 0.05) is 16.5 Å². The lowest BCUT2D eigenvalue weighted by atomic mass is 9.98. The number of aliphatic hydroxyl groups excluding tert-OH is 1. The number of hydrogen-bond acceptors (Lipinski definition) is 2. The van der Waals surface area contributed by atoms with Gasteiger partial charge in [-0.1, -0.05) is 44.4 Å². The first kappa shape index (κ1) is 15.8. The molecule has 2 N–H and O–H groups in total. The lowest BCUT2D eigenvalue weighted by Crippen LogP contribution is -2.17. The Kier molecular flexibility index (Phi) is 5.57. The number of fused-ring (bicyclic) bond motifs is 1. The van der Waals surface area contributed by atoms with Crippen LogP contribution in [0.1, 0.15) is 50.2 Å². The summed E-state index contributed by atoms with van der Waals surface area (Å²) in [7, 11) is 0. The number of hydrogen-bond donors (Lipinski definition) is 2. The van der Waals surface area contributed by atoms with E-state index in [1.807, 2.05) is 31.2 Å². The lowest BCUT2D eigenvalue weighted by Gasteiger charge is -2.12. The third kappa shape index (κ3) is 3.94. The van der Waals surface area contributed by atoms with E-state index in [0.29, 0.717) is 12.8 Å². The third-order valence-corrected chi connectivity index (χ3v) is 4.17. The quantitative estimate of drug-likeness (QED) is 0.763. The Morgan fingerprint density at radius 1 is 1.19 bits per heavy atom. The number of unbranched alkanes of at least 4 members (excludes halogenated alkanes) is 2. The van der Waals surface area contributed by atoms with E-state index >= 15 is 0 Å². The fraction of sp³-hybridized carbons (Fsp3) is 0.500. The van der Waals surface area contributed by atoms with E-state index in [0.717, 1.165) is 47.7 Å². The molecule has 0 amide bonds. The second-order valence-corrected chi connectivity index (χ2v) is 5.79. The Morgan fingerprint density at radius 2 is 1.95 bits per heavy atom. The van der Waals surface area contributed by atoms with E-state index in [4.69, 9.17) is 0 Å². The number of para-hydroxylation sites is 1. The molecular formula is C18H25NO2. The van der Waals surface area contributed by atoms with Crippen LogP contribution in [0.5, 0.6) is 0 Å². The predicted molar refractivity (Wildman–Crippen MR) is 87.8 cm³/mol. The molecule has 2 rings (SSSR count). The maximum absolute atomic E-state index is 12.2. The molecule has 3 nitrogen and oxygen atoms in total. The number of nitrogens with one attached hydrogen (secondary N) is 1. The Bertz CT molecular complexity index is 645. The maximum Gasteiger partial charge on any atom is 0.251 e. The number of H-pyrrole nitrogens is 1. The van der Waals surface area contributed by atoms with Gasteiger partial charge < -0.3 is 10.1 Å². The summed E-state index contributed by atoms with van der Waals surface area (Å²) in [4.78, 5) is 15.1. The molecular weight excluding hydrogens is 262 g/mol. The fourth-order valence-corrected chi connectivity index (χ4v) is 2.84. The zero-order chi connectivity index (χ0) is 15.2. The van der Waals surface area contributed by atoms with Gasteiger partial charge in [-0.25, -0.2) is 0 Å². The maximum atomic E-state index is 12.2. The zero-order valence-electron chi connectivity index (χ0n) is 13.0. The number of rotatable bonds is 7. The van der Waals surface area contributed by atoms with Crippen LogP contribution in [0.4, 0.5) is 0 Å². The van der Waals surface area contributed by atoms with Gasteiger partial charge in [-0.15, -0.1) is 0 Å².